The fourth-order valence-electron chi connectivity index (χ4n) is 3.25. The number of aryl methyl sites for hydroxylation is 1. The minimum atomic E-state index is 0.0453. The average molecular weight is 276 g/mol. The molecule has 110 valence electrons. The lowest BCUT2D eigenvalue weighted by Crippen LogP contribution is -2.10. The Bertz CT molecular complexity index is 542. The third-order valence-electron chi connectivity index (χ3n) is 5.28. The molecule has 0 N–H and O–H groups in total. The first kappa shape index (κ1) is 14.9. The van der Waals surface area contributed by atoms with Crippen LogP contribution in [0.3, 0.4) is 0 Å². The van der Waals surface area contributed by atoms with Crippen molar-refractivity contribution in [2.24, 2.45) is 16.7 Å². The van der Waals surface area contributed by atoms with Gasteiger partial charge in [-0.05, 0) is 35.4 Å². The van der Waals surface area contributed by atoms with Gasteiger partial charge in [-0.2, -0.15) is 0 Å². The van der Waals surface area contributed by atoms with E-state index in [1.165, 1.54) is 0 Å². The number of carbonyl (C=O) groups excluding carboxylic acids is 1. The Kier molecular flexibility index (Phi) is 3.35. The van der Waals surface area contributed by atoms with Crippen molar-refractivity contribution in [2.45, 2.75) is 34.6 Å². The van der Waals surface area contributed by atoms with E-state index < -0.39 is 0 Å². The molecular weight excluding hydrogens is 252 g/mol. The van der Waals surface area contributed by atoms with E-state index in [0.29, 0.717) is 11.5 Å². The molecule has 0 bridgehead atoms. The Morgan fingerprint density at radius 2 is 1.45 bits per heavy atom. The van der Waals surface area contributed by atoms with Gasteiger partial charge in [-0.3, -0.25) is 4.79 Å². The Balaban J connectivity index is 2.42. The van der Waals surface area contributed by atoms with Crippen LogP contribution in [0.15, 0.2) is 12.1 Å². The van der Waals surface area contributed by atoms with E-state index in [2.05, 4.69) is 27.7 Å². The standard InChI is InChI=1S/C17H24O3/c1-10-8-12(19-6)13(20-7)9-11(10)14(18)15-16(2,3)17(15,4)5/h8-9,15H,1-7H3. The van der Waals surface area contributed by atoms with Gasteiger partial charge >= 0.3 is 0 Å². The highest BCUT2D eigenvalue weighted by Gasteiger charge is 2.67. The third kappa shape index (κ3) is 1.91. The number of carbonyl (C=O) groups is 1. The maximum absolute atomic E-state index is 12.8. The Morgan fingerprint density at radius 1 is 1.00 bits per heavy atom. The van der Waals surface area contributed by atoms with Crippen LogP contribution in [0.5, 0.6) is 11.5 Å². The van der Waals surface area contributed by atoms with Crippen LogP contribution in [0.2, 0.25) is 0 Å². The molecule has 0 spiro atoms. The van der Waals surface area contributed by atoms with Crippen LogP contribution in [0, 0.1) is 23.7 Å². The van der Waals surface area contributed by atoms with Crippen molar-refractivity contribution in [2.75, 3.05) is 14.2 Å². The molecule has 0 aromatic heterocycles. The lowest BCUT2D eigenvalue weighted by Gasteiger charge is -2.12. The summed E-state index contributed by atoms with van der Waals surface area (Å²) in [6.45, 7) is 10.6. The molecule has 0 unspecified atom stereocenters. The molecule has 20 heavy (non-hydrogen) atoms. The quantitative estimate of drug-likeness (QED) is 0.783. The van der Waals surface area contributed by atoms with E-state index in [9.17, 15) is 4.79 Å². The minimum absolute atomic E-state index is 0.0453. The summed E-state index contributed by atoms with van der Waals surface area (Å²) in [5.74, 6) is 1.54. The van der Waals surface area contributed by atoms with Gasteiger partial charge in [0, 0.05) is 11.5 Å². The van der Waals surface area contributed by atoms with Crippen molar-refractivity contribution in [1.29, 1.82) is 0 Å². The molecule has 0 heterocycles. The number of hydrogen-bond donors (Lipinski definition) is 0. The van der Waals surface area contributed by atoms with Gasteiger partial charge in [-0.25, -0.2) is 0 Å². The van der Waals surface area contributed by atoms with Gasteiger partial charge in [0.2, 0.25) is 0 Å². The smallest absolute Gasteiger partial charge is 0.167 e. The lowest BCUT2D eigenvalue weighted by molar-refractivity contribution is 0.0944. The van der Waals surface area contributed by atoms with E-state index >= 15 is 0 Å². The summed E-state index contributed by atoms with van der Waals surface area (Å²) >= 11 is 0. The summed E-state index contributed by atoms with van der Waals surface area (Å²) in [6.07, 6.45) is 0. The van der Waals surface area contributed by atoms with Gasteiger partial charge in [-0.1, -0.05) is 27.7 Å². The summed E-state index contributed by atoms with van der Waals surface area (Å²) < 4.78 is 10.6. The lowest BCUT2D eigenvalue weighted by atomic mass is 9.97. The Morgan fingerprint density at radius 3 is 1.85 bits per heavy atom. The van der Waals surface area contributed by atoms with E-state index in [-0.39, 0.29) is 22.5 Å². The van der Waals surface area contributed by atoms with Crippen molar-refractivity contribution in [3.05, 3.63) is 23.3 Å². The second kappa shape index (κ2) is 4.51. The van der Waals surface area contributed by atoms with Gasteiger partial charge in [0.1, 0.15) is 0 Å². The second-order valence-electron chi connectivity index (χ2n) is 6.76. The van der Waals surface area contributed by atoms with E-state index in [4.69, 9.17) is 9.47 Å². The van der Waals surface area contributed by atoms with Gasteiger partial charge in [0.05, 0.1) is 14.2 Å². The SMILES string of the molecule is COc1cc(C)c(C(=O)C2C(C)(C)C2(C)C)cc1OC. The molecule has 0 amide bonds. The summed E-state index contributed by atoms with van der Waals surface area (Å²) in [6, 6.07) is 3.68. The number of Topliss-reactive ketones (excluding diaryl/α,β-unsaturated/α-hetero) is 1. The number of rotatable bonds is 4. The summed E-state index contributed by atoms with van der Waals surface area (Å²) in [5, 5.41) is 0. The number of ether oxygens (including phenoxy) is 2. The molecule has 3 nitrogen and oxygen atoms in total. The molecule has 1 aromatic rings. The van der Waals surface area contributed by atoms with Crippen LogP contribution >= 0.6 is 0 Å². The molecule has 3 heteroatoms. The zero-order valence-corrected chi connectivity index (χ0v) is 13.5. The molecule has 1 aliphatic rings. The van der Waals surface area contributed by atoms with Gasteiger partial charge < -0.3 is 9.47 Å². The summed E-state index contributed by atoms with van der Waals surface area (Å²) in [7, 11) is 3.19. The van der Waals surface area contributed by atoms with Crippen molar-refractivity contribution in [3.63, 3.8) is 0 Å². The third-order valence-corrected chi connectivity index (χ3v) is 5.28. The number of ketones is 1. The van der Waals surface area contributed by atoms with Crippen molar-refractivity contribution >= 4 is 5.78 Å². The minimum Gasteiger partial charge on any atom is -0.493 e. The summed E-state index contributed by atoms with van der Waals surface area (Å²) in [4.78, 5) is 12.8. The highest BCUT2D eigenvalue weighted by molar-refractivity contribution is 6.02. The molecule has 1 saturated carbocycles. The van der Waals surface area contributed by atoms with Gasteiger partial charge in [0.25, 0.3) is 0 Å². The van der Waals surface area contributed by atoms with Crippen LogP contribution in [0.4, 0.5) is 0 Å². The first-order valence-electron chi connectivity index (χ1n) is 6.95. The second-order valence-corrected chi connectivity index (χ2v) is 6.76. The van der Waals surface area contributed by atoms with Crippen molar-refractivity contribution in [1.82, 2.24) is 0 Å². The van der Waals surface area contributed by atoms with Gasteiger partial charge in [-0.15, -0.1) is 0 Å². The highest BCUT2D eigenvalue weighted by atomic mass is 16.5. The number of hydrogen-bond acceptors (Lipinski definition) is 3. The van der Waals surface area contributed by atoms with Crippen molar-refractivity contribution in [3.8, 4) is 11.5 Å². The molecule has 0 atom stereocenters. The zero-order valence-electron chi connectivity index (χ0n) is 13.5. The van der Waals surface area contributed by atoms with Crippen LogP contribution in [-0.2, 0) is 0 Å². The maximum Gasteiger partial charge on any atom is 0.167 e. The molecule has 1 aliphatic carbocycles. The molecule has 1 aromatic carbocycles. The predicted molar refractivity (Wildman–Crippen MR) is 79.7 cm³/mol. The molecule has 0 aliphatic heterocycles. The van der Waals surface area contributed by atoms with Gasteiger partial charge in [0.15, 0.2) is 17.3 Å². The Hall–Kier alpha value is -1.51. The molecule has 1 fully saturated rings. The molecule has 0 saturated heterocycles. The first-order chi connectivity index (χ1) is 9.18. The number of methoxy groups -OCH3 is 2. The fourth-order valence-corrected chi connectivity index (χ4v) is 3.25. The normalized spacial score (nSPS) is 19.6. The fraction of sp³-hybridized carbons (Fsp3) is 0.588. The van der Waals surface area contributed by atoms with E-state index in [1.54, 1.807) is 20.3 Å². The number of benzene rings is 1. The molecule has 0 radical (unpaired) electrons. The van der Waals surface area contributed by atoms with Crippen LogP contribution in [0.1, 0.15) is 43.6 Å². The maximum atomic E-state index is 12.8. The van der Waals surface area contributed by atoms with Crippen molar-refractivity contribution < 1.29 is 14.3 Å². The molecule has 2 rings (SSSR count). The van der Waals surface area contributed by atoms with Crippen LogP contribution in [-0.4, -0.2) is 20.0 Å². The van der Waals surface area contributed by atoms with E-state index in [1.807, 2.05) is 13.0 Å². The predicted octanol–water partition coefficient (Wildman–Crippen LogP) is 3.88. The Labute approximate surface area is 121 Å². The zero-order chi connectivity index (χ0) is 15.3. The van der Waals surface area contributed by atoms with E-state index in [0.717, 1.165) is 11.1 Å². The van der Waals surface area contributed by atoms with Crippen LogP contribution < -0.4 is 9.47 Å². The first-order valence-corrected chi connectivity index (χ1v) is 6.95. The molecular formula is C17H24O3. The summed E-state index contributed by atoms with van der Waals surface area (Å²) in [5.41, 5.74) is 1.77. The highest BCUT2D eigenvalue weighted by Crippen LogP contribution is 2.69. The monoisotopic (exact) mass is 276 g/mol. The average Bonchev–Trinajstić information content (AvgIpc) is 2.78. The van der Waals surface area contributed by atoms with Crippen LogP contribution in [0.25, 0.3) is 0 Å². The largest absolute Gasteiger partial charge is 0.493 e. The topological polar surface area (TPSA) is 35.5 Å².